The molecule has 3 rings (SSSR count). The molecule has 1 N–H and O–H groups in total. The minimum Gasteiger partial charge on any atom is -0.478 e. The molecule has 1 aliphatic rings. The Morgan fingerprint density at radius 2 is 1.84 bits per heavy atom. The first kappa shape index (κ1) is 17.4. The van der Waals surface area contributed by atoms with Crippen LogP contribution in [0.2, 0.25) is 0 Å². The molecule has 1 aromatic heterocycles. The zero-order valence-corrected chi connectivity index (χ0v) is 14.5. The number of aromatic carboxylic acids is 1. The van der Waals surface area contributed by atoms with Crippen molar-refractivity contribution >= 4 is 23.6 Å². The molecule has 0 bridgehead atoms. The lowest BCUT2D eigenvalue weighted by Gasteiger charge is -2.32. The fourth-order valence-electron chi connectivity index (χ4n) is 2.45. The molecule has 1 aromatic carbocycles. The summed E-state index contributed by atoms with van der Waals surface area (Å²) in [5, 5.41) is 21.0. The molecule has 0 saturated carbocycles. The van der Waals surface area contributed by atoms with E-state index >= 15 is 0 Å². The third-order valence-electron chi connectivity index (χ3n) is 3.98. The number of likely N-dealkylation sites (N-methyl/N-ethyl adjacent to an activating group) is 1. The molecule has 1 fully saturated rings. The average Bonchev–Trinajstić information content (AvgIpc) is 3.09. The fraction of sp³-hybridized carbons (Fsp3) is 0.400. The number of nitrogens with zero attached hydrogens (tertiary/aromatic N) is 6. The first-order valence-electron chi connectivity index (χ1n) is 7.76. The average molecular weight is 362 g/mol. The summed E-state index contributed by atoms with van der Waals surface area (Å²) in [7, 11) is 2.04. The van der Waals surface area contributed by atoms with E-state index in [9.17, 15) is 9.59 Å². The fourth-order valence-corrected chi connectivity index (χ4v) is 3.24. The molecule has 0 spiro atoms. The quantitative estimate of drug-likeness (QED) is 0.754. The first-order chi connectivity index (χ1) is 12.0. The molecule has 10 heteroatoms. The molecule has 0 radical (unpaired) electrons. The van der Waals surface area contributed by atoms with Crippen LogP contribution in [-0.4, -0.2) is 86.0 Å². The SMILES string of the molecule is CN1CCN(C(=O)CSc2nnnn2-c2ccc(C(=O)O)cc2)CC1. The summed E-state index contributed by atoms with van der Waals surface area (Å²) in [5.74, 6) is -0.665. The monoisotopic (exact) mass is 362 g/mol. The van der Waals surface area contributed by atoms with Gasteiger partial charge in [0.25, 0.3) is 0 Å². The van der Waals surface area contributed by atoms with Crippen molar-refractivity contribution in [2.75, 3.05) is 39.0 Å². The van der Waals surface area contributed by atoms with Crippen LogP contribution >= 0.6 is 11.8 Å². The van der Waals surface area contributed by atoms with Gasteiger partial charge in [-0.15, -0.1) is 5.10 Å². The molecule has 132 valence electrons. The van der Waals surface area contributed by atoms with Gasteiger partial charge in [0.1, 0.15) is 0 Å². The second-order valence-corrected chi connectivity index (χ2v) is 6.64. The van der Waals surface area contributed by atoms with Gasteiger partial charge in [-0.1, -0.05) is 11.8 Å². The number of carbonyl (C=O) groups excluding carboxylic acids is 1. The van der Waals surface area contributed by atoms with E-state index < -0.39 is 5.97 Å². The van der Waals surface area contributed by atoms with Crippen LogP contribution in [0.4, 0.5) is 0 Å². The predicted molar refractivity (Wildman–Crippen MR) is 90.9 cm³/mol. The van der Waals surface area contributed by atoms with Crippen LogP contribution in [0.3, 0.4) is 0 Å². The number of hydrogen-bond acceptors (Lipinski definition) is 7. The highest BCUT2D eigenvalue weighted by molar-refractivity contribution is 7.99. The van der Waals surface area contributed by atoms with E-state index in [1.165, 1.54) is 28.6 Å². The number of rotatable bonds is 5. The van der Waals surface area contributed by atoms with Crippen LogP contribution in [0.25, 0.3) is 5.69 Å². The summed E-state index contributed by atoms with van der Waals surface area (Å²) in [6.07, 6.45) is 0. The van der Waals surface area contributed by atoms with E-state index in [4.69, 9.17) is 5.11 Å². The van der Waals surface area contributed by atoms with Crippen LogP contribution in [0.5, 0.6) is 0 Å². The maximum absolute atomic E-state index is 12.3. The maximum Gasteiger partial charge on any atom is 0.335 e. The Balaban J connectivity index is 1.63. The Morgan fingerprint density at radius 3 is 2.48 bits per heavy atom. The van der Waals surface area contributed by atoms with Crippen LogP contribution in [0.15, 0.2) is 29.4 Å². The summed E-state index contributed by atoms with van der Waals surface area (Å²) in [6, 6.07) is 6.24. The van der Waals surface area contributed by atoms with Gasteiger partial charge in [0.2, 0.25) is 11.1 Å². The van der Waals surface area contributed by atoms with Crippen molar-refractivity contribution in [2.24, 2.45) is 0 Å². The summed E-state index contributed by atoms with van der Waals surface area (Å²) in [5.41, 5.74) is 0.834. The zero-order chi connectivity index (χ0) is 17.8. The van der Waals surface area contributed by atoms with E-state index in [0.29, 0.717) is 10.8 Å². The largest absolute Gasteiger partial charge is 0.478 e. The van der Waals surface area contributed by atoms with Gasteiger partial charge in [0, 0.05) is 26.2 Å². The molecule has 0 aliphatic carbocycles. The van der Waals surface area contributed by atoms with Crippen molar-refractivity contribution in [3.05, 3.63) is 29.8 Å². The Kier molecular flexibility index (Phi) is 5.29. The summed E-state index contributed by atoms with van der Waals surface area (Å²) < 4.78 is 1.49. The van der Waals surface area contributed by atoms with E-state index in [1.54, 1.807) is 12.1 Å². The van der Waals surface area contributed by atoms with Crippen molar-refractivity contribution in [3.63, 3.8) is 0 Å². The molecule has 2 aromatic rings. The van der Waals surface area contributed by atoms with E-state index in [1.807, 2.05) is 11.9 Å². The van der Waals surface area contributed by atoms with Gasteiger partial charge >= 0.3 is 5.97 Å². The van der Waals surface area contributed by atoms with Gasteiger partial charge in [-0.2, -0.15) is 4.68 Å². The number of carbonyl (C=O) groups is 2. The van der Waals surface area contributed by atoms with E-state index in [2.05, 4.69) is 20.4 Å². The third kappa shape index (κ3) is 4.15. The molecule has 1 saturated heterocycles. The summed E-state index contributed by atoms with van der Waals surface area (Å²) >= 11 is 1.27. The van der Waals surface area contributed by atoms with Gasteiger partial charge in [-0.05, 0) is 41.7 Å². The van der Waals surface area contributed by atoms with Crippen molar-refractivity contribution in [1.82, 2.24) is 30.0 Å². The molecular weight excluding hydrogens is 344 g/mol. The number of tetrazole rings is 1. The Morgan fingerprint density at radius 1 is 1.16 bits per heavy atom. The van der Waals surface area contributed by atoms with Crippen LogP contribution < -0.4 is 0 Å². The number of benzene rings is 1. The van der Waals surface area contributed by atoms with Gasteiger partial charge in [0.15, 0.2) is 0 Å². The first-order valence-corrected chi connectivity index (χ1v) is 8.74. The lowest BCUT2D eigenvalue weighted by molar-refractivity contribution is -0.129. The Labute approximate surface area is 148 Å². The normalized spacial score (nSPS) is 15.3. The lowest BCUT2D eigenvalue weighted by atomic mass is 10.2. The van der Waals surface area contributed by atoms with Crippen molar-refractivity contribution < 1.29 is 14.7 Å². The third-order valence-corrected chi connectivity index (χ3v) is 4.88. The second kappa shape index (κ2) is 7.62. The summed E-state index contributed by atoms with van der Waals surface area (Å²) in [4.78, 5) is 27.3. The minimum atomic E-state index is -0.990. The lowest BCUT2D eigenvalue weighted by Crippen LogP contribution is -2.47. The van der Waals surface area contributed by atoms with Gasteiger partial charge in [-0.3, -0.25) is 4.79 Å². The standard InChI is InChI=1S/C15H18N6O3S/c1-19-6-8-20(9-7-19)13(22)10-25-15-16-17-18-21(15)12-4-2-11(3-5-12)14(23)24/h2-5H,6-10H2,1H3,(H,23,24). The van der Waals surface area contributed by atoms with Crippen LogP contribution in [0, 0.1) is 0 Å². The molecule has 0 unspecified atom stereocenters. The number of aromatic nitrogens is 4. The molecule has 2 heterocycles. The molecule has 0 atom stereocenters. The van der Waals surface area contributed by atoms with Crippen LogP contribution in [-0.2, 0) is 4.79 Å². The molecular formula is C15H18N6O3S. The predicted octanol–water partition coefficient (Wildman–Crippen LogP) is 0.227. The highest BCUT2D eigenvalue weighted by Gasteiger charge is 2.20. The number of carboxylic acids is 1. The minimum absolute atomic E-state index is 0.0638. The van der Waals surface area contributed by atoms with Gasteiger partial charge in [-0.25, -0.2) is 4.79 Å². The van der Waals surface area contributed by atoms with Crippen molar-refractivity contribution in [2.45, 2.75) is 5.16 Å². The van der Waals surface area contributed by atoms with E-state index in [0.717, 1.165) is 26.2 Å². The molecule has 9 nitrogen and oxygen atoms in total. The molecule has 1 amide bonds. The van der Waals surface area contributed by atoms with Gasteiger partial charge in [0.05, 0.1) is 17.0 Å². The molecule has 25 heavy (non-hydrogen) atoms. The zero-order valence-electron chi connectivity index (χ0n) is 13.7. The molecule has 1 aliphatic heterocycles. The smallest absolute Gasteiger partial charge is 0.335 e. The number of hydrogen-bond donors (Lipinski definition) is 1. The highest BCUT2D eigenvalue weighted by Crippen LogP contribution is 2.19. The maximum atomic E-state index is 12.3. The van der Waals surface area contributed by atoms with Crippen LogP contribution in [0.1, 0.15) is 10.4 Å². The Hall–Kier alpha value is -2.46. The number of thioether (sulfide) groups is 1. The second-order valence-electron chi connectivity index (χ2n) is 5.70. The van der Waals surface area contributed by atoms with Gasteiger partial charge < -0.3 is 14.9 Å². The van der Waals surface area contributed by atoms with Crippen molar-refractivity contribution in [3.8, 4) is 5.69 Å². The highest BCUT2D eigenvalue weighted by atomic mass is 32.2. The topological polar surface area (TPSA) is 104 Å². The Bertz CT molecular complexity index is 755. The van der Waals surface area contributed by atoms with Crippen molar-refractivity contribution in [1.29, 1.82) is 0 Å². The summed E-state index contributed by atoms with van der Waals surface area (Å²) in [6.45, 7) is 3.23. The number of carboxylic acid groups (broad SMARTS) is 1. The van der Waals surface area contributed by atoms with E-state index in [-0.39, 0.29) is 17.2 Å². The number of amides is 1. The number of piperazine rings is 1.